The van der Waals surface area contributed by atoms with Gasteiger partial charge in [-0.05, 0) is 56.0 Å². The summed E-state index contributed by atoms with van der Waals surface area (Å²) in [6.07, 6.45) is 2.36. The van der Waals surface area contributed by atoms with Crippen LogP contribution in [0.1, 0.15) is 42.9 Å². The van der Waals surface area contributed by atoms with Crippen LogP contribution in [0.5, 0.6) is 0 Å². The molecule has 0 bridgehead atoms. The third-order valence-corrected chi connectivity index (χ3v) is 7.24. The summed E-state index contributed by atoms with van der Waals surface area (Å²) < 4.78 is 0. The summed E-state index contributed by atoms with van der Waals surface area (Å²) >= 11 is 0. The molecule has 1 aliphatic rings. The van der Waals surface area contributed by atoms with Gasteiger partial charge < -0.3 is 4.90 Å². The first-order valence-electron chi connectivity index (χ1n) is 11.4. The minimum absolute atomic E-state index is 0.253. The maximum atomic E-state index is 12.7. The normalized spacial score (nSPS) is 16.2. The van der Waals surface area contributed by atoms with Crippen molar-refractivity contribution in [2.24, 2.45) is 0 Å². The number of likely N-dealkylation sites (tertiary alicyclic amines) is 1. The summed E-state index contributed by atoms with van der Waals surface area (Å²) in [6, 6.07) is 33.1. The number of hydrogen-bond donors (Lipinski definition) is 0. The average Bonchev–Trinajstić information content (AvgIpc) is 2.87. The highest BCUT2D eigenvalue weighted by atomic mass is 16.1. The van der Waals surface area contributed by atoms with Crippen LogP contribution in [-0.4, -0.2) is 30.3 Å². The molecule has 3 aromatic carbocycles. The van der Waals surface area contributed by atoms with Gasteiger partial charge in [-0.3, -0.25) is 4.79 Å². The molecule has 1 fully saturated rings. The molecular formula is C29H30N2O. The molecule has 0 aliphatic carbocycles. The summed E-state index contributed by atoms with van der Waals surface area (Å²) in [5.74, 6) is 0.253. The van der Waals surface area contributed by atoms with E-state index < -0.39 is 5.41 Å². The standard InChI is InChI=1S/C29H30N2O/c1-24(32)28(25-11-5-2-6-12-25)17-20-31(21-18-28)22-19-29(23-30,26-13-7-3-8-14-26)27-15-9-4-10-16-27/h2-16H,17-22H2,1H3. The molecule has 0 N–H and O–H groups in total. The van der Waals surface area contributed by atoms with Crippen molar-refractivity contribution in [1.82, 2.24) is 4.90 Å². The number of piperidine rings is 1. The lowest BCUT2D eigenvalue weighted by molar-refractivity contribution is -0.124. The molecule has 0 amide bonds. The van der Waals surface area contributed by atoms with Gasteiger partial charge in [0, 0.05) is 6.54 Å². The van der Waals surface area contributed by atoms with Crippen LogP contribution in [0.3, 0.4) is 0 Å². The van der Waals surface area contributed by atoms with Gasteiger partial charge in [-0.1, -0.05) is 91.0 Å². The van der Waals surface area contributed by atoms with Crippen molar-refractivity contribution in [1.29, 1.82) is 5.26 Å². The Bertz CT molecular complexity index is 1020. The molecule has 3 aromatic rings. The molecule has 4 rings (SSSR count). The predicted octanol–water partition coefficient (Wildman–Crippen LogP) is 5.51. The quantitative estimate of drug-likeness (QED) is 0.504. The zero-order valence-corrected chi connectivity index (χ0v) is 18.7. The van der Waals surface area contributed by atoms with Crippen LogP contribution < -0.4 is 0 Å². The SMILES string of the molecule is CC(=O)C1(c2ccccc2)CCN(CCC(C#N)(c2ccccc2)c2ccccc2)CC1. The third kappa shape index (κ3) is 4.11. The van der Waals surface area contributed by atoms with E-state index in [1.807, 2.05) is 54.6 Å². The van der Waals surface area contributed by atoms with Crippen LogP contribution in [0, 0.1) is 11.3 Å². The van der Waals surface area contributed by atoms with Crippen LogP contribution in [-0.2, 0) is 15.6 Å². The minimum Gasteiger partial charge on any atom is -0.303 e. The molecule has 0 unspecified atom stereocenters. The van der Waals surface area contributed by atoms with Crippen molar-refractivity contribution in [3.8, 4) is 6.07 Å². The second-order valence-electron chi connectivity index (χ2n) is 8.85. The molecule has 162 valence electrons. The predicted molar refractivity (Wildman–Crippen MR) is 128 cm³/mol. The molecule has 1 aliphatic heterocycles. The fourth-order valence-corrected chi connectivity index (χ4v) is 5.17. The Labute approximate surface area is 191 Å². The summed E-state index contributed by atoms with van der Waals surface area (Å²) in [5.41, 5.74) is 2.13. The number of carbonyl (C=O) groups excluding carboxylic acids is 1. The highest BCUT2D eigenvalue weighted by Crippen LogP contribution is 2.39. The topological polar surface area (TPSA) is 44.1 Å². The maximum absolute atomic E-state index is 12.7. The van der Waals surface area contributed by atoms with E-state index in [0.29, 0.717) is 0 Å². The summed E-state index contributed by atoms with van der Waals surface area (Å²) in [5, 5.41) is 10.4. The lowest BCUT2D eigenvalue weighted by Crippen LogP contribution is -2.47. The van der Waals surface area contributed by atoms with Crippen LogP contribution in [0.15, 0.2) is 91.0 Å². The molecule has 0 aromatic heterocycles. The number of hydrogen-bond acceptors (Lipinski definition) is 3. The lowest BCUT2D eigenvalue weighted by atomic mass is 9.69. The van der Waals surface area contributed by atoms with Crippen LogP contribution in [0.2, 0.25) is 0 Å². The molecule has 1 saturated heterocycles. The zero-order valence-electron chi connectivity index (χ0n) is 18.7. The van der Waals surface area contributed by atoms with E-state index in [9.17, 15) is 10.1 Å². The van der Waals surface area contributed by atoms with Crippen LogP contribution in [0.25, 0.3) is 0 Å². The Balaban J connectivity index is 1.53. The first kappa shape index (κ1) is 22.0. The van der Waals surface area contributed by atoms with Crippen molar-refractivity contribution < 1.29 is 4.79 Å². The van der Waals surface area contributed by atoms with Gasteiger partial charge in [0.05, 0.1) is 11.5 Å². The molecule has 3 nitrogen and oxygen atoms in total. The second kappa shape index (κ2) is 9.51. The van der Waals surface area contributed by atoms with Crippen molar-refractivity contribution in [2.75, 3.05) is 19.6 Å². The average molecular weight is 423 g/mol. The van der Waals surface area contributed by atoms with E-state index in [0.717, 1.165) is 55.6 Å². The van der Waals surface area contributed by atoms with E-state index in [1.54, 1.807) is 6.92 Å². The number of ketones is 1. The van der Waals surface area contributed by atoms with Crippen molar-refractivity contribution in [3.63, 3.8) is 0 Å². The van der Waals surface area contributed by atoms with Crippen LogP contribution >= 0.6 is 0 Å². The molecule has 0 spiro atoms. The highest BCUT2D eigenvalue weighted by molar-refractivity contribution is 5.88. The number of rotatable bonds is 7. The van der Waals surface area contributed by atoms with Gasteiger partial charge in [0.1, 0.15) is 11.2 Å². The van der Waals surface area contributed by atoms with Gasteiger partial charge in [-0.25, -0.2) is 0 Å². The number of Topliss-reactive ketones (excluding diaryl/α,β-unsaturated/α-hetero) is 1. The van der Waals surface area contributed by atoms with Gasteiger partial charge in [0.2, 0.25) is 0 Å². The molecule has 0 radical (unpaired) electrons. The Kier molecular flexibility index (Phi) is 6.53. The number of nitriles is 1. The molecule has 0 saturated carbocycles. The van der Waals surface area contributed by atoms with E-state index in [2.05, 4.69) is 47.4 Å². The second-order valence-corrected chi connectivity index (χ2v) is 8.85. The lowest BCUT2D eigenvalue weighted by Gasteiger charge is -2.41. The van der Waals surface area contributed by atoms with Crippen LogP contribution in [0.4, 0.5) is 0 Å². The monoisotopic (exact) mass is 422 g/mol. The highest BCUT2D eigenvalue weighted by Gasteiger charge is 2.41. The summed E-state index contributed by atoms with van der Waals surface area (Å²) in [4.78, 5) is 15.1. The van der Waals surface area contributed by atoms with Gasteiger partial charge >= 0.3 is 0 Å². The number of benzene rings is 3. The first-order valence-corrected chi connectivity index (χ1v) is 11.4. The molecule has 0 atom stereocenters. The first-order chi connectivity index (χ1) is 15.6. The maximum Gasteiger partial charge on any atom is 0.140 e. The van der Waals surface area contributed by atoms with E-state index in [1.165, 1.54) is 0 Å². The van der Waals surface area contributed by atoms with Gasteiger partial charge in [-0.2, -0.15) is 5.26 Å². The third-order valence-electron chi connectivity index (χ3n) is 7.24. The summed E-state index contributed by atoms with van der Waals surface area (Å²) in [7, 11) is 0. The van der Waals surface area contributed by atoms with E-state index in [4.69, 9.17) is 0 Å². The van der Waals surface area contributed by atoms with Crippen molar-refractivity contribution in [2.45, 2.75) is 37.0 Å². The number of nitrogens with zero attached hydrogens (tertiary/aromatic N) is 2. The Morgan fingerprint density at radius 2 is 1.34 bits per heavy atom. The van der Waals surface area contributed by atoms with Crippen molar-refractivity contribution >= 4 is 5.78 Å². The molecular weight excluding hydrogens is 392 g/mol. The van der Waals surface area contributed by atoms with Crippen molar-refractivity contribution in [3.05, 3.63) is 108 Å². The largest absolute Gasteiger partial charge is 0.303 e. The molecule has 1 heterocycles. The Hall–Kier alpha value is -3.22. The fourth-order valence-electron chi connectivity index (χ4n) is 5.17. The Morgan fingerprint density at radius 3 is 1.78 bits per heavy atom. The fraction of sp³-hybridized carbons (Fsp3) is 0.310. The zero-order chi connectivity index (χ0) is 22.4. The Morgan fingerprint density at radius 1 is 0.875 bits per heavy atom. The number of carbonyl (C=O) groups is 1. The van der Waals surface area contributed by atoms with E-state index in [-0.39, 0.29) is 11.2 Å². The molecule has 3 heteroatoms. The van der Waals surface area contributed by atoms with Gasteiger partial charge in [-0.15, -0.1) is 0 Å². The smallest absolute Gasteiger partial charge is 0.140 e. The van der Waals surface area contributed by atoms with Gasteiger partial charge in [0.25, 0.3) is 0 Å². The minimum atomic E-state index is -0.683. The van der Waals surface area contributed by atoms with Gasteiger partial charge in [0.15, 0.2) is 0 Å². The molecule has 32 heavy (non-hydrogen) atoms. The van der Waals surface area contributed by atoms with E-state index >= 15 is 0 Å². The summed E-state index contributed by atoms with van der Waals surface area (Å²) in [6.45, 7) is 4.27.